The highest BCUT2D eigenvalue weighted by molar-refractivity contribution is 5.63. The van der Waals surface area contributed by atoms with Crippen LogP contribution in [-0.4, -0.2) is 63.9 Å². The fourth-order valence-electron chi connectivity index (χ4n) is 5.66. The first-order valence-electron chi connectivity index (χ1n) is 12.2. The third-order valence-corrected chi connectivity index (χ3v) is 7.94. The lowest BCUT2D eigenvalue weighted by molar-refractivity contribution is 0.0819. The van der Waals surface area contributed by atoms with Crippen LogP contribution in [0.15, 0.2) is 18.2 Å². The number of benzene rings is 1. The van der Waals surface area contributed by atoms with Gasteiger partial charge in [-0.25, -0.2) is 0 Å². The number of rotatable bonds is 5. The molecular weight excluding hydrogens is 384 g/mol. The summed E-state index contributed by atoms with van der Waals surface area (Å²) >= 11 is 0. The maximum absolute atomic E-state index is 9.03. The van der Waals surface area contributed by atoms with Crippen LogP contribution in [0.2, 0.25) is 0 Å². The second-order valence-electron chi connectivity index (χ2n) is 10.5. The topological polar surface area (TPSA) is 42.7 Å². The Morgan fingerprint density at radius 3 is 2.26 bits per heavy atom. The minimum absolute atomic E-state index is 0.417. The van der Waals surface area contributed by atoms with Gasteiger partial charge in [0, 0.05) is 57.8 Å². The summed E-state index contributed by atoms with van der Waals surface area (Å²) in [6.07, 6.45) is 7.87. The Kier molecular flexibility index (Phi) is 7.08. The average Bonchev–Trinajstić information content (AvgIpc) is 2.80. The number of piperazine rings is 1. The summed E-state index contributed by atoms with van der Waals surface area (Å²) in [6, 6.07) is 9.57. The number of anilines is 2. The van der Waals surface area contributed by atoms with Crippen molar-refractivity contribution in [2.24, 2.45) is 5.41 Å². The van der Waals surface area contributed by atoms with Crippen LogP contribution in [0.3, 0.4) is 0 Å². The van der Waals surface area contributed by atoms with Crippen LogP contribution in [0.1, 0.15) is 63.9 Å². The number of methoxy groups -OCH3 is 1. The standard InChI is InChI=1S/C26H40N4O/c1-26(2)10-6-21(7-11-26)24-20-22(29-13-8-23(31-3)9-14-29)4-5-25(24)30-18-16-28(15-12-27)17-19-30/h4-5,20-21,23H,6-11,13-19H2,1-3H3. The van der Waals surface area contributed by atoms with Gasteiger partial charge in [-0.2, -0.15) is 5.26 Å². The van der Waals surface area contributed by atoms with Crippen molar-refractivity contribution in [3.8, 4) is 6.07 Å². The van der Waals surface area contributed by atoms with Gasteiger partial charge >= 0.3 is 0 Å². The Morgan fingerprint density at radius 2 is 1.65 bits per heavy atom. The van der Waals surface area contributed by atoms with E-state index >= 15 is 0 Å². The van der Waals surface area contributed by atoms with Crippen molar-refractivity contribution in [2.75, 3.05) is 62.7 Å². The van der Waals surface area contributed by atoms with Gasteiger partial charge in [-0.05, 0) is 73.6 Å². The summed E-state index contributed by atoms with van der Waals surface area (Å²) in [5, 5.41) is 9.03. The second-order valence-corrected chi connectivity index (χ2v) is 10.5. The minimum Gasteiger partial charge on any atom is -0.381 e. The Labute approximate surface area is 188 Å². The van der Waals surface area contributed by atoms with Gasteiger partial charge in [0.05, 0.1) is 18.7 Å². The molecule has 0 radical (unpaired) electrons. The largest absolute Gasteiger partial charge is 0.381 e. The van der Waals surface area contributed by atoms with Crippen molar-refractivity contribution in [3.05, 3.63) is 23.8 Å². The quantitative estimate of drug-likeness (QED) is 0.645. The fraction of sp³-hybridized carbons (Fsp3) is 0.731. The van der Waals surface area contributed by atoms with Gasteiger partial charge in [-0.15, -0.1) is 0 Å². The van der Waals surface area contributed by atoms with Crippen LogP contribution in [-0.2, 0) is 4.74 Å². The molecule has 0 atom stereocenters. The number of ether oxygens (including phenoxy) is 1. The van der Waals surface area contributed by atoms with Gasteiger partial charge in [0.15, 0.2) is 0 Å². The summed E-state index contributed by atoms with van der Waals surface area (Å²) in [6.45, 7) is 11.6. The molecular formula is C26H40N4O. The lowest BCUT2D eigenvalue weighted by Crippen LogP contribution is -2.46. The predicted molar refractivity (Wildman–Crippen MR) is 128 cm³/mol. The van der Waals surface area contributed by atoms with Crippen molar-refractivity contribution in [1.29, 1.82) is 5.26 Å². The summed E-state index contributed by atoms with van der Waals surface area (Å²) < 4.78 is 5.58. The molecule has 31 heavy (non-hydrogen) atoms. The molecule has 1 aromatic carbocycles. The van der Waals surface area contributed by atoms with Crippen LogP contribution >= 0.6 is 0 Å². The SMILES string of the molecule is COC1CCN(c2ccc(N3CCN(CC#N)CC3)c(C3CCC(C)(C)CC3)c2)CC1. The smallest absolute Gasteiger partial charge is 0.0867 e. The molecule has 2 saturated heterocycles. The molecule has 1 saturated carbocycles. The van der Waals surface area contributed by atoms with Crippen LogP contribution in [0.4, 0.5) is 11.4 Å². The molecule has 5 nitrogen and oxygen atoms in total. The number of hydrogen-bond donors (Lipinski definition) is 0. The molecule has 0 bridgehead atoms. The Morgan fingerprint density at radius 1 is 0.968 bits per heavy atom. The molecule has 0 spiro atoms. The molecule has 0 amide bonds. The molecule has 170 valence electrons. The van der Waals surface area contributed by atoms with Gasteiger partial charge in [-0.1, -0.05) is 13.8 Å². The second kappa shape index (κ2) is 9.79. The summed E-state index contributed by atoms with van der Waals surface area (Å²) in [4.78, 5) is 7.40. The van der Waals surface area contributed by atoms with E-state index < -0.39 is 0 Å². The van der Waals surface area contributed by atoms with Gasteiger partial charge in [0.1, 0.15) is 0 Å². The number of nitriles is 1. The van der Waals surface area contributed by atoms with E-state index in [2.05, 4.69) is 52.8 Å². The predicted octanol–water partition coefficient (Wildman–Crippen LogP) is 4.63. The Hall–Kier alpha value is -1.77. The molecule has 1 aromatic rings. The van der Waals surface area contributed by atoms with E-state index in [-0.39, 0.29) is 0 Å². The van der Waals surface area contributed by atoms with Crippen molar-refractivity contribution in [3.63, 3.8) is 0 Å². The van der Waals surface area contributed by atoms with Crippen molar-refractivity contribution >= 4 is 11.4 Å². The maximum atomic E-state index is 9.03. The number of nitrogens with zero attached hydrogens (tertiary/aromatic N) is 4. The van der Waals surface area contributed by atoms with E-state index in [4.69, 9.17) is 10.00 Å². The van der Waals surface area contributed by atoms with Crippen LogP contribution in [0.5, 0.6) is 0 Å². The molecule has 5 heteroatoms. The number of hydrogen-bond acceptors (Lipinski definition) is 5. The van der Waals surface area contributed by atoms with E-state index in [0.717, 1.165) is 52.1 Å². The molecule has 0 aromatic heterocycles. The van der Waals surface area contributed by atoms with Crippen LogP contribution in [0.25, 0.3) is 0 Å². The maximum Gasteiger partial charge on any atom is 0.0867 e. The minimum atomic E-state index is 0.417. The Balaban J connectivity index is 1.55. The van der Waals surface area contributed by atoms with Gasteiger partial charge in [0.2, 0.25) is 0 Å². The summed E-state index contributed by atoms with van der Waals surface area (Å²) in [5.74, 6) is 0.664. The molecule has 0 unspecified atom stereocenters. The molecule has 1 aliphatic carbocycles. The van der Waals surface area contributed by atoms with E-state index in [1.54, 1.807) is 5.56 Å². The zero-order valence-electron chi connectivity index (χ0n) is 19.8. The number of piperidine rings is 1. The normalized spacial score (nSPS) is 23.7. The molecule has 3 aliphatic rings. The summed E-state index contributed by atoms with van der Waals surface area (Å²) in [7, 11) is 1.84. The highest BCUT2D eigenvalue weighted by Gasteiger charge is 2.31. The zero-order chi connectivity index (χ0) is 21.8. The third-order valence-electron chi connectivity index (χ3n) is 7.94. The first kappa shape index (κ1) is 22.4. The van der Waals surface area contributed by atoms with Gasteiger partial charge in [-0.3, -0.25) is 4.90 Å². The van der Waals surface area contributed by atoms with Crippen molar-refractivity contribution in [2.45, 2.75) is 64.4 Å². The lowest BCUT2D eigenvalue weighted by atomic mass is 9.71. The zero-order valence-corrected chi connectivity index (χ0v) is 19.8. The van der Waals surface area contributed by atoms with E-state index in [1.807, 2.05) is 7.11 Å². The molecule has 4 rings (SSSR count). The third kappa shape index (κ3) is 5.35. The highest BCUT2D eigenvalue weighted by atomic mass is 16.5. The van der Waals surface area contributed by atoms with Crippen LogP contribution in [0, 0.1) is 16.7 Å². The highest BCUT2D eigenvalue weighted by Crippen LogP contribution is 2.45. The van der Waals surface area contributed by atoms with E-state index in [9.17, 15) is 0 Å². The Bertz CT molecular complexity index is 760. The monoisotopic (exact) mass is 424 g/mol. The van der Waals surface area contributed by atoms with Gasteiger partial charge < -0.3 is 14.5 Å². The van der Waals surface area contributed by atoms with Crippen LogP contribution < -0.4 is 9.80 Å². The van der Waals surface area contributed by atoms with E-state index in [0.29, 0.717) is 24.0 Å². The molecule has 3 fully saturated rings. The fourth-order valence-corrected chi connectivity index (χ4v) is 5.66. The molecule has 2 heterocycles. The average molecular weight is 425 g/mol. The first-order chi connectivity index (χ1) is 15.0. The first-order valence-corrected chi connectivity index (χ1v) is 12.2. The lowest BCUT2D eigenvalue weighted by Gasteiger charge is -2.40. The molecule has 0 N–H and O–H groups in total. The molecule has 2 aliphatic heterocycles. The van der Waals surface area contributed by atoms with Crippen molar-refractivity contribution in [1.82, 2.24) is 4.90 Å². The van der Waals surface area contributed by atoms with E-state index in [1.165, 1.54) is 37.1 Å². The van der Waals surface area contributed by atoms with Gasteiger partial charge in [0.25, 0.3) is 0 Å². The summed E-state index contributed by atoms with van der Waals surface area (Å²) in [5.41, 5.74) is 4.88. The van der Waals surface area contributed by atoms with Crippen molar-refractivity contribution < 1.29 is 4.74 Å².